The van der Waals surface area contributed by atoms with E-state index in [1.54, 1.807) is 0 Å². The van der Waals surface area contributed by atoms with E-state index in [0.717, 1.165) is 28.8 Å². The molecule has 7 aromatic rings. The van der Waals surface area contributed by atoms with Crippen LogP contribution in [0.4, 0.5) is 0 Å². The smallest absolute Gasteiger partial charge is 0.0713 e. The summed E-state index contributed by atoms with van der Waals surface area (Å²) in [7, 11) is 0. The average Bonchev–Trinajstić information content (AvgIpc) is 3.49. The summed E-state index contributed by atoms with van der Waals surface area (Å²) in [5, 5.41) is 0. The van der Waals surface area contributed by atoms with E-state index in [1.165, 1.54) is 50.1 Å². The van der Waals surface area contributed by atoms with Crippen LogP contribution in [0.1, 0.15) is 38.9 Å². The summed E-state index contributed by atoms with van der Waals surface area (Å²) < 4.78 is 0. The lowest BCUT2D eigenvalue weighted by Gasteiger charge is -2.34. The van der Waals surface area contributed by atoms with Crippen molar-refractivity contribution < 1.29 is 0 Å². The van der Waals surface area contributed by atoms with E-state index < -0.39 is 5.41 Å². The summed E-state index contributed by atoms with van der Waals surface area (Å²) in [5.74, 6) is 0. The summed E-state index contributed by atoms with van der Waals surface area (Å²) >= 11 is 0. The van der Waals surface area contributed by atoms with Crippen LogP contribution < -0.4 is 5.73 Å². The first-order valence-electron chi connectivity index (χ1n) is 16.9. The highest BCUT2D eigenvalue weighted by Crippen LogP contribution is 2.56. The van der Waals surface area contributed by atoms with Crippen LogP contribution in [-0.4, -0.2) is 0 Å². The topological polar surface area (TPSA) is 26.0 Å². The number of allylic oxidation sites excluding steroid dienone is 3. The zero-order valence-corrected chi connectivity index (χ0v) is 27.3. The first-order valence-corrected chi connectivity index (χ1v) is 16.9. The van der Waals surface area contributed by atoms with E-state index in [-0.39, 0.29) is 0 Å². The first-order chi connectivity index (χ1) is 24.2. The Morgan fingerprint density at radius 2 is 1.00 bits per heavy atom. The van der Waals surface area contributed by atoms with E-state index in [0.29, 0.717) is 0 Å². The molecule has 1 heteroatoms. The summed E-state index contributed by atoms with van der Waals surface area (Å²) in [5.41, 5.74) is 21.7. The van der Waals surface area contributed by atoms with Gasteiger partial charge in [0, 0.05) is 5.70 Å². The molecule has 0 atom stereocenters. The number of rotatable bonds is 8. The Morgan fingerprint density at radius 1 is 0.469 bits per heavy atom. The molecule has 0 fully saturated rings. The first kappa shape index (κ1) is 30.2. The van der Waals surface area contributed by atoms with Crippen LogP contribution in [0, 0.1) is 0 Å². The van der Waals surface area contributed by atoms with Crippen molar-refractivity contribution in [1.82, 2.24) is 0 Å². The zero-order valence-electron chi connectivity index (χ0n) is 27.3. The predicted octanol–water partition coefficient (Wildman–Crippen LogP) is 11.3. The normalized spacial score (nSPS) is 13.5. The molecule has 0 spiro atoms. The lowest BCUT2D eigenvalue weighted by Crippen LogP contribution is -2.28. The van der Waals surface area contributed by atoms with Gasteiger partial charge in [0.05, 0.1) is 5.41 Å². The number of hydrogen-bond acceptors (Lipinski definition) is 1. The molecule has 0 saturated heterocycles. The molecule has 8 rings (SSSR count). The molecular formula is C48H37N. The molecule has 234 valence electrons. The largest absolute Gasteiger partial charge is 0.398 e. The van der Waals surface area contributed by atoms with Gasteiger partial charge in [-0.25, -0.2) is 0 Å². The minimum absolute atomic E-state index is 0.401. The molecule has 2 N–H and O–H groups in total. The summed E-state index contributed by atoms with van der Waals surface area (Å²) in [4.78, 5) is 0. The number of fused-ring (bicyclic) bond motifs is 3. The highest BCUT2D eigenvalue weighted by Gasteiger charge is 2.45. The van der Waals surface area contributed by atoms with Crippen LogP contribution in [0.3, 0.4) is 0 Å². The van der Waals surface area contributed by atoms with Gasteiger partial charge in [-0.3, -0.25) is 0 Å². The summed E-state index contributed by atoms with van der Waals surface area (Å²) in [6.07, 6.45) is 5.21. The van der Waals surface area contributed by atoms with E-state index in [9.17, 15) is 0 Å². The Kier molecular flexibility index (Phi) is 8.09. The van der Waals surface area contributed by atoms with E-state index in [2.05, 4.69) is 182 Å². The molecule has 0 bridgehead atoms. The fraction of sp³-hybridized carbons (Fsp3) is 0.0417. The minimum atomic E-state index is -0.401. The molecule has 1 aliphatic rings. The molecule has 1 nitrogen and oxygen atoms in total. The van der Waals surface area contributed by atoms with Crippen molar-refractivity contribution in [3.8, 4) is 22.3 Å². The molecule has 0 radical (unpaired) electrons. The zero-order chi connectivity index (χ0) is 33.0. The lowest BCUT2D eigenvalue weighted by atomic mass is 9.67. The SMILES string of the molecule is N/C(=C\C(=C/Cc1ccccc1)c1cccc(-c2ccc(C3(c4ccccc4)c4ccccc4-c4ccccc43)cc2)c1)c1ccccc1. The van der Waals surface area contributed by atoms with E-state index in [4.69, 9.17) is 5.73 Å². The molecule has 0 saturated carbocycles. The van der Waals surface area contributed by atoms with Crippen LogP contribution in [0.2, 0.25) is 0 Å². The van der Waals surface area contributed by atoms with Crippen LogP contribution in [-0.2, 0) is 11.8 Å². The monoisotopic (exact) mass is 627 g/mol. The van der Waals surface area contributed by atoms with Crippen LogP contribution in [0.5, 0.6) is 0 Å². The van der Waals surface area contributed by atoms with Gasteiger partial charge in [0.25, 0.3) is 0 Å². The van der Waals surface area contributed by atoms with Crippen LogP contribution in [0.15, 0.2) is 200 Å². The van der Waals surface area contributed by atoms with Gasteiger partial charge in [0.1, 0.15) is 0 Å². The van der Waals surface area contributed by atoms with Crippen molar-refractivity contribution in [2.75, 3.05) is 0 Å². The van der Waals surface area contributed by atoms with Crippen molar-refractivity contribution in [3.63, 3.8) is 0 Å². The number of hydrogen-bond donors (Lipinski definition) is 1. The summed E-state index contributed by atoms with van der Waals surface area (Å²) in [6.45, 7) is 0. The highest BCUT2D eigenvalue weighted by molar-refractivity contribution is 5.87. The summed E-state index contributed by atoms with van der Waals surface area (Å²) in [6, 6.07) is 67.5. The van der Waals surface area contributed by atoms with Gasteiger partial charge in [-0.15, -0.1) is 0 Å². The maximum atomic E-state index is 6.68. The van der Waals surface area contributed by atoms with Gasteiger partial charge in [0.15, 0.2) is 0 Å². The molecule has 0 unspecified atom stereocenters. The third kappa shape index (κ3) is 5.60. The third-order valence-electron chi connectivity index (χ3n) is 9.82. The maximum absolute atomic E-state index is 6.68. The minimum Gasteiger partial charge on any atom is -0.398 e. The van der Waals surface area contributed by atoms with Crippen LogP contribution >= 0.6 is 0 Å². The fourth-order valence-electron chi connectivity index (χ4n) is 7.49. The molecule has 0 aliphatic heterocycles. The second-order valence-corrected chi connectivity index (χ2v) is 12.7. The van der Waals surface area contributed by atoms with Gasteiger partial charge in [-0.2, -0.15) is 0 Å². The predicted molar refractivity (Wildman–Crippen MR) is 206 cm³/mol. The van der Waals surface area contributed by atoms with Crippen molar-refractivity contribution >= 4 is 11.3 Å². The quantitative estimate of drug-likeness (QED) is 0.167. The molecule has 49 heavy (non-hydrogen) atoms. The van der Waals surface area contributed by atoms with Gasteiger partial charge in [-0.1, -0.05) is 188 Å². The van der Waals surface area contributed by atoms with Crippen molar-refractivity contribution in [1.29, 1.82) is 0 Å². The Labute approximate surface area is 289 Å². The Hall–Kier alpha value is -6.18. The Bertz CT molecular complexity index is 2230. The standard InChI is InChI=1S/C48H37N/c49-47(37-17-6-2-7-18-37)34-40(28-27-35-15-4-1-5-16-35)39-20-14-19-38(33-39)36-29-31-42(32-30-36)48(41-21-8-3-9-22-41)45-25-12-10-23-43(45)44-24-11-13-26-46(44)48/h1-26,28-34H,27,49H2/b40-28+,47-34-. The Balaban J connectivity index is 1.21. The molecule has 0 heterocycles. The molecule has 0 amide bonds. The Morgan fingerprint density at radius 3 is 1.65 bits per heavy atom. The van der Waals surface area contributed by atoms with Crippen molar-refractivity contribution in [3.05, 3.63) is 239 Å². The van der Waals surface area contributed by atoms with Gasteiger partial charge in [0.2, 0.25) is 0 Å². The van der Waals surface area contributed by atoms with Crippen molar-refractivity contribution in [2.24, 2.45) is 5.73 Å². The number of nitrogens with two attached hydrogens (primary N) is 1. The highest BCUT2D eigenvalue weighted by atomic mass is 14.6. The van der Waals surface area contributed by atoms with Gasteiger partial charge in [-0.05, 0) is 85.3 Å². The molecule has 7 aromatic carbocycles. The average molecular weight is 628 g/mol. The third-order valence-corrected chi connectivity index (χ3v) is 9.82. The van der Waals surface area contributed by atoms with E-state index in [1.807, 2.05) is 18.2 Å². The maximum Gasteiger partial charge on any atom is 0.0713 e. The molecule has 0 aromatic heterocycles. The second kappa shape index (κ2) is 13.1. The van der Waals surface area contributed by atoms with Gasteiger partial charge < -0.3 is 5.73 Å². The lowest BCUT2D eigenvalue weighted by molar-refractivity contribution is 0.768. The van der Waals surface area contributed by atoms with Gasteiger partial charge >= 0.3 is 0 Å². The van der Waals surface area contributed by atoms with Crippen molar-refractivity contribution in [2.45, 2.75) is 11.8 Å². The molecule has 1 aliphatic carbocycles. The number of benzene rings is 7. The van der Waals surface area contributed by atoms with Crippen LogP contribution in [0.25, 0.3) is 33.5 Å². The van der Waals surface area contributed by atoms with E-state index >= 15 is 0 Å². The second-order valence-electron chi connectivity index (χ2n) is 12.7. The fourth-order valence-corrected chi connectivity index (χ4v) is 7.49. The molecular weight excluding hydrogens is 591 g/mol.